The maximum Gasteiger partial charge on any atom is 0.243 e. The standard InChI is InChI=1S/C25H27F2N3O3S/c1-4-25(31)28-22-11-14-24(29(2)3)19(15-22)17-30(16-18-5-7-20(26)8-6-18)34(32,33)23-12-9-21(27)10-13-23/h5-15H,4,16-17H2,1-3H3,(H,28,31). The molecule has 0 heterocycles. The molecule has 0 radical (unpaired) electrons. The van der Waals surface area contributed by atoms with Crippen LogP contribution in [0.15, 0.2) is 71.6 Å². The Labute approximate surface area is 198 Å². The minimum absolute atomic E-state index is 0.0273. The van der Waals surface area contributed by atoms with Gasteiger partial charge in [-0.2, -0.15) is 4.31 Å². The van der Waals surface area contributed by atoms with E-state index in [-0.39, 0.29) is 23.9 Å². The molecule has 0 aliphatic heterocycles. The highest BCUT2D eigenvalue weighted by molar-refractivity contribution is 7.89. The first-order chi connectivity index (χ1) is 16.1. The van der Waals surface area contributed by atoms with Crippen LogP contribution in [0, 0.1) is 11.6 Å². The monoisotopic (exact) mass is 487 g/mol. The third-order valence-corrected chi connectivity index (χ3v) is 7.04. The summed E-state index contributed by atoms with van der Waals surface area (Å²) >= 11 is 0. The quantitative estimate of drug-likeness (QED) is 0.472. The van der Waals surface area contributed by atoms with Crippen molar-refractivity contribution in [2.24, 2.45) is 0 Å². The first kappa shape index (κ1) is 25.3. The third kappa shape index (κ3) is 6.18. The zero-order valence-electron chi connectivity index (χ0n) is 19.3. The molecule has 34 heavy (non-hydrogen) atoms. The number of anilines is 2. The minimum Gasteiger partial charge on any atom is -0.377 e. The molecule has 0 aliphatic carbocycles. The highest BCUT2D eigenvalue weighted by Crippen LogP contribution is 2.28. The van der Waals surface area contributed by atoms with Gasteiger partial charge >= 0.3 is 0 Å². The number of rotatable bonds is 9. The Morgan fingerprint density at radius 2 is 1.47 bits per heavy atom. The second kappa shape index (κ2) is 10.8. The zero-order valence-corrected chi connectivity index (χ0v) is 20.1. The van der Waals surface area contributed by atoms with E-state index in [1.165, 1.54) is 40.7 Å². The number of carbonyl (C=O) groups excluding carboxylic acids is 1. The predicted molar refractivity (Wildman–Crippen MR) is 129 cm³/mol. The van der Waals surface area contributed by atoms with Gasteiger partial charge in [-0.1, -0.05) is 19.1 Å². The Balaban J connectivity index is 2.05. The molecule has 0 saturated heterocycles. The van der Waals surface area contributed by atoms with Crippen LogP contribution in [-0.4, -0.2) is 32.7 Å². The lowest BCUT2D eigenvalue weighted by Gasteiger charge is -2.26. The van der Waals surface area contributed by atoms with Crippen molar-refractivity contribution in [2.75, 3.05) is 24.3 Å². The Morgan fingerprint density at radius 3 is 2.03 bits per heavy atom. The van der Waals surface area contributed by atoms with E-state index in [9.17, 15) is 22.0 Å². The van der Waals surface area contributed by atoms with Crippen molar-refractivity contribution >= 4 is 27.3 Å². The number of nitrogens with zero attached hydrogens (tertiary/aromatic N) is 2. The number of hydrogen-bond donors (Lipinski definition) is 1. The number of nitrogens with one attached hydrogen (secondary N) is 1. The molecule has 180 valence electrons. The van der Waals surface area contributed by atoms with Crippen LogP contribution >= 0.6 is 0 Å². The van der Waals surface area contributed by atoms with Crippen molar-refractivity contribution in [2.45, 2.75) is 31.3 Å². The number of sulfonamides is 1. The topological polar surface area (TPSA) is 69.7 Å². The van der Waals surface area contributed by atoms with Crippen LogP contribution in [0.2, 0.25) is 0 Å². The maximum atomic E-state index is 13.6. The van der Waals surface area contributed by atoms with Gasteiger partial charge in [-0.05, 0) is 65.7 Å². The van der Waals surface area contributed by atoms with Gasteiger partial charge in [0.1, 0.15) is 11.6 Å². The van der Waals surface area contributed by atoms with E-state index in [0.717, 1.165) is 17.8 Å². The summed E-state index contributed by atoms with van der Waals surface area (Å²) in [6.07, 6.45) is 0.306. The summed E-state index contributed by atoms with van der Waals surface area (Å²) < 4.78 is 55.2. The average Bonchev–Trinajstić information content (AvgIpc) is 2.80. The van der Waals surface area contributed by atoms with E-state index in [4.69, 9.17) is 0 Å². The molecule has 3 aromatic rings. The van der Waals surface area contributed by atoms with E-state index < -0.39 is 21.7 Å². The summed E-state index contributed by atoms with van der Waals surface area (Å²) in [6.45, 7) is 1.68. The SMILES string of the molecule is CCC(=O)Nc1ccc(N(C)C)c(CN(Cc2ccc(F)cc2)S(=O)(=O)c2ccc(F)cc2)c1. The summed E-state index contributed by atoms with van der Waals surface area (Å²) in [5.74, 6) is -1.13. The van der Waals surface area contributed by atoms with E-state index in [2.05, 4.69) is 5.32 Å². The van der Waals surface area contributed by atoms with Gasteiger partial charge < -0.3 is 10.2 Å². The lowest BCUT2D eigenvalue weighted by atomic mass is 10.1. The van der Waals surface area contributed by atoms with Crippen molar-refractivity contribution in [3.8, 4) is 0 Å². The van der Waals surface area contributed by atoms with Gasteiger partial charge in [0.25, 0.3) is 0 Å². The first-order valence-corrected chi connectivity index (χ1v) is 12.1. The Morgan fingerprint density at radius 1 is 0.882 bits per heavy atom. The normalized spacial score (nSPS) is 11.5. The Bertz CT molecular complexity index is 1250. The van der Waals surface area contributed by atoms with Crippen LogP contribution in [0.1, 0.15) is 24.5 Å². The van der Waals surface area contributed by atoms with Crippen LogP contribution < -0.4 is 10.2 Å². The molecule has 0 aliphatic rings. The minimum atomic E-state index is -4.04. The summed E-state index contributed by atoms with van der Waals surface area (Å²) in [5, 5.41) is 2.80. The lowest BCUT2D eigenvalue weighted by molar-refractivity contribution is -0.115. The molecule has 1 amide bonds. The van der Waals surface area contributed by atoms with Crippen LogP contribution in [-0.2, 0) is 27.9 Å². The van der Waals surface area contributed by atoms with Gasteiger partial charge in [-0.3, -0.25) is 4.79 Å². The zero-order chi connectivity index (χ0) is 24.9. The van der Waals surface area contributed by atoms with Crippen molar-refractivity contribution in [3.05, 3.63) is 89.5 Å². The van der Waals surface area contributed by atoms with E-state index >= 15 is 0 Å². The highest BCUT2D eigenvalue weighted by Gasteiger charge is 2.26. The van der Waals surface area contributed by atoms with Gasteiger partial charge in [-0.25, -0.2) is 17.2 Å². The molecule has 1 N–H and O–H groups in total. The summed E-state index contributed by atoms with van der Waals surface area (Å²) in [7, 11) is -0.370. The number of benzene rings is 3. The number of amides is 1. The Hall–Kier alpha value is -3.30. The molecule has 0 atom stereocenters. The Kier molecular flexibility index (Phi) is 8.01. The molecule has 0 saturated carbocycles. The molecule has 0 bridgehead atoms. The number of halogens is 2. The smallest absolute Gasteiger partial charge is 0.243 e. The van der Waals surface area contributed by atoms with Gasteiger partial charge in [0.15, 0.2) is 0 Å². The van der Waals surface area contributed by atoms with Crippen LogP contribution in [0.3, 0.4) is 0 Å². The van der Waals surface area contributed by atoms with Crippen LogP contribution in [0.5, 0.6) is 0 Å². The third-order valence-electron chi connectivity index (χ3n) is 5.24. The van der Waals surface area contributed by atoms with E-state index in [1.54, 1.807) is 25.1 Å². The van der Waals surface area contributed by atoms with Crippen molar-refractivity contribution < 1.29 is 22.0 Å². The largest absolute Gasteiger partial charge is 0.377 e. The summed E-state index contributed by atoms with van der Waals surface area (Å²) in [4.78, 5) is 13.7. The molecule has 3 aromatic carbocycles. The van der Waals surface area contributed by atoms with Crippen LogP contribution in [0.25, 0.3) is 0 Å². The first-order valence-electron chi connectivity index (χ1n) is 10.7. The summed E-state index contributed by atoms with van der Waals surface area (Å²) in [6, 6.07) is 15.5. The molecule has 3 rings (SSSR count). The second-order valence-corrected chi connectivity index (χ2v) is 9.93. The van der Waals surface area contributed by atoms with Gasteiger partial charge in [-0.15, -0.1) is 0 Å². The fourth-order valence-corrected chi connectivity index (χ4v) is 4.85. The van der Waals surface area contributed by atoms with Crippen LogP contribution in [0.4, 0.5) is 20.2 Å². The molecule has 0 unspecified atom stereocenters. The summed E-state index contributed by atoms with van der Waals surface area (Å²) in [5.41, 5.74) is 2.57. The van der Waals surface area contributed by atoms with Gasteiger partial charge in [0.2, 0.25) is 15.9 Å². The lowest BCUT2D eigenvalue weighted by Crippen LogP contribution is -2.31. The van der Waals surface area contributed by atoms with E-state index in [0.29, 0.717) is 23.2 Å². The molecular weight excluding hydrogens is 460 g/mol. The maximum absolute atomic E-state index is 13.6. The molecule has 0 spiro atoms. The van der Waals surface area contributed by atoms with Gasteiger partial charge in [0.05, 0.1) is 4.90 Å². The molecule has 0 aromatic heterocycles. The fraction of sp³-hybridized carbons (Fsp3) is 0.240. The average molecular weight is 488 g/mol. The van der Waals surface area contributed by atoms with Crippen molar-refractivity contribution in [1.29, 1.82) is 0 Å². The fourth-order valence-electron chi connectivity index (χ4n) is 3.44. The molecule has 9 heteroatoms. The van der Waals surface area contributed by atoms with E-state index in [1.807, 2.05) is 19.0 Å². The van der Waals surface area contributed by atoms with Crippen molar-refractivity contribution in [3.63, 3.8) is 0 Å². The predicted octanol–water partition coefficient (Wildman–Crippen LogP) is 4.77. The van der Waals surface area contributed by atoms with Crippen molar-refractivity contribution in [1.82, 2.24) is 4.31 Å². The molecule has 0 fully saturated rings. The highest BCUT2D eigenvalue weighted by atomic mass is 32.2. The molecular formula is C25H27F2N3O3S. The number of carbonyl (C=O) groups is 1. The van der Waals surface area contributed by atoms with Gasteiger partial charge in [0, 0.05) is 45.0 Å². The second-order valence-electron chi connectivity index (χ2n) is 7.99. The molecule has 6 nitrogen and oxygen atoms in total. The number of hydrogen-bond acceptors (Lipinski definition) is 4.